The van der Waals surface area contributed by atoms with E-state index in [4.69, 9.17) is 9.47 Å². The molecule has 0 aromatic heterocycles. The van der Waals surface area contributed by atoms with Crippen LogP contribution in [-0.2, 0) is 10.1 Å². The third-order valence-corrected chi connectivity index (χ3v) is 6.12. The molecule has 0 fully saturated rings. The first-order valence-electron chi connectivity index (χ1n) is 9.92. The molecule has 7 nitrogen and oxygen atoms in total. The molecule has 9 heteroatoms. The minimum atomic E-state index is -4.69. The van der Waals surface area contributed by atoms with Crippen molar-refractivity contribution in [2.45, 2.75) is 9.79 Å². The molecule has 0 saturated carbocycles. The van der Waals surface area contributed by atoms with Gasteiger partial charge in [0.25, 0.3) is 10.1 Å². The molecule has 0 bridgehead atoms. The van der Waals surface area contributed by atoms with Crippen LogP contribution in [0.1, 0.15) is 15.9 Å². The van der Waals surface area contributed by atoms with Crippen LogP contribution in [0, 0.1) is 0 Å². The predicted molar refractivity (Wildman–Crippen MR) is 128 cm³/mol. The number of para-hydroxylation sites is 2. The SMILES string of the molecule is O=C(c1ccc(Oc2ccccc2)c(SO)c1)c1ccc(Oc2ccccc2)c(S(=O)(=O)O)c1. The van der Waals surface area contributed by atoms with Gasteiger partial charge in [-0.25, -0.2) is 0 Å². The molecule has 0 aliphatic rings. The van der Waals surface area contributed by atoms with Crippen molar-refractivity contribution >= 4 is 27.9 Å². The Morgan fingerprint density at radius 3 is 1.74 bits per heavy atom. The Kier molecular flexibility index (Phi) is 6.99. The quantitative estimate of drug-likeness (QED) is 0.166. The molecular formula is C25H18O7S2. The van der Waals surface area contributed by atoms with Crippen LogP contribution in [0.15, 0.2) is 107 Å². The van der Waals surface area contributed by atoms with Gasteiger partial charge >= 0.3 is 0 Å². The average molecular weight is 495 g/mol. The minimum absolute atomic E-state index is 0.0126. The van der Waals surface area contributed by atoms with Crippen molar-refractivity contribution in [3.05, 3.63) is 108 Å². The lowest BCUT2D eigenvalue weighted by molar-refractivity contribution is 0.103. The average Bonchev–Trinajstić information content (AvgIpc) is 2.85. The lowest BCUT2D eigenvalue weighted by atomic mass is 10.0. The summed E-state index contributed by atoms with van der Waals surface area (Å²) in [7, 11) is -4.69. The Balaban J connectivity index is 1.66. The Hall–Kier alpha value is -3.63. The van der Waals surface area contributed by atoms with Gasteiger partial charge in [0.2, 0.25) is 0 Å². The molecule has 0 atom stereocenters. The van der Waals surface area contributed by atoms with Gasteiger partial charge < -0.3 is 14.0 Å². The van der Waals surface area contributed by atoms with E-state index in [0.717, 1.165) is 6.07 Å². The predicted octanol–water partition coefficient (Wildman–Crippen LogP) is 6.31. The topological polar surface area (TPSA) is 110 Å². The van der Waals surface area contributed by atoms with Crippen LogP contribution < -0.4 is 9.47 Å². The zero-order valence-corrected chi connectivity index (χ0v) is 19.1. The third kappa shape index (κ3) is 5.46. The number of rotatable bonds is 8. The summed E-state index contributed by atoms with van der Waals surface area (Å²) in [4.78, 5) is 12.8. The van der Waals surface area contributed by atoms with Gasteiger partial charge in [-0.1, -0.05) is 36.4 Å². The molecule has 4 rings (SSSR count). The molecule has 0 heterocycles. The molecule has 0 unspecified atom stereocenters. The van der Waals surface area contributed by atoms with Gasteiger partial charge in [0.05, 0.1) is 4.90 Å². The van der Waals surface area contributed by atoms with Crippen molar-refractivity contribution < 1.29 is 31.8 Å². The first-order valence-corrected chi connectivity index (χ1v) is 12.1. The summed E-state index contributed by atoms with van der Waals surface area (Å²) in [6.45, 7) is 0. The lowest BCUT2D eigenvalue weighted by Crippen LogP contribution is -2.07. The molecule has 0 spiro atoms. The van der Waals surface area contributed by atoms with Crippen molar-refractivity contribution in [3.63, 3.8) is 0 Å². The van der Waals surface area contributed by atoms with Crippen molar-refractivity contribution in [2.24, 2.45) is 0 Å². The summed E-state index contributed by atoms with van der Waals surface area (Å²) in [5, 5.41) is 0. The van der Waals surface area contributed by atoms with E-state index in [0.29, 0.717) is 34.2 Å². The Bertz CT molecular complexity index is 1420. The number of carbonyl (C=O) groups excluding carboxylic acids is 1. The zero-order chi connectivity index (χ0) is 24.1. The smallest absolute Gasteiger partial charge is 0.298 e. The highest BCUT2D eigenvalue weighted by atomic mass is 32.2. The maximum absolute atomic E-state index is 13.1. The maximum atomic E-state index is 13.1. The molecule has 0 amide bonds. The van der Waals surface area contributed by atoms with E-state index in [-0.39, 0.29) is 16.9 Å². The fourth-order valence-corrected chi connectivity index (χ4v) is 4.16. The lowest BCUT2D eigenvalue weighted by Gasteiger charge is -2.12. The summed E-state index contributed by atoms with van der Waals surface area (Å²) < 4.78 is 54.7. The van der Waals surface area contributed by atoms with Crippen LogP contribution in [0.2, 0.25) is 0 Å². The number of hydrogen-bond acceptors (Lipinski definition) is 7. The monoisotopic (exact) mass is 494 g/mol. The summed E-state index contributed by atoms with van der Waals surface area (Å²) in [5.74, 6) is 0.635. The largest absolute Gasteiger partial charge is 0.456 e. The Morgan fingerprint density at radius 1 is 0.706 bits per heavy atom. The standard InChI is InChI=1S/C25H18O7S2/c26-25(17-11-13-21(23(15-17)33-27)31-19-7-3-1-4-8-19)18-12-14-22(24(16-18)34(28,29)30)32-20-9-5-2-6-10-20/h1-16,27H,(H,28,29,30). The number of carbonyl (C=O) groups is 1. The van der Waals surface area contributed by atoms with Crippen LogP contribution >= 0.6 is 12.0 Å². The Morgan fingerprint density at radius 2 is 1.21 bits per heavy atom. The van der Waals surface area contributed by atoms with Gasteiger partial charge in [0.15, 0.2) is 5.78 Å². The summed E-state index contributed by atoms with van der Waals surface area (Å²) in [5.41, 5.74) is 0.202. The second kappa shape index (κ2) is 10.1. The van der Waals surface area contributed by atoms with Gasteiger partial charge in [-0.15, -0.1) is 0 Å². The van der Waals surface area contributed by atoms with Gasteiger partial charge in [0, 0.05) is 23.2 Å². The zero-order valence-electron chi connectivity index (χ0n) is 17.5. The fourth-order valence-electron chi connectivity index (χ4n) is 3.14. The third-order valence-electron chi connectivity index (χ3n) is 4.73. The van der Waals surface area contributed by atoms with Crippen molar-refractivity contribution in [1.29, 1.82) is 0 Å². The highest BCUT2D eigenvalue weighted by molar-refractivity contribution is 7.93. The van der Waals surface area contributed by atoms with Crippen molar-refractivity contribution in [2.75, 3.05) is 0 Å². The van der Waals surface area contributed by atoms with Crippen LogP contribution in [0.3, 0.4) is 0 Å². The highest BCUT2D eigenvalue weighted by Crippen LogP contribution is 2.34. The second-order valence-corrected chi connectivity index (χ2v) is 9.06. The van der Waals surface area contributed by atoms with Gasteiger partial charge in [-0.05, 0) is 60.7 Å². The van der Waals surface area contributed by atoms with Crippen LogP contribution in [0.5, 0.6) is 23.0 Å². The van der Waals surface area contributed by atoms with E-state index in [1.54, 1.807) is 54.6 Å². The van der Waals surface area contributed by atoms with E-state index < -0.39 is 20.8 Å². The highest BCUT2D eigenvalue weighted by Gasteiger charge is 2.22. The normalized spacial score (nSPS) is 11.1. The first-order chi connectivity index (χ1) is 16.3. The van der Waals surface area contributed by atoms with Crippen molar-refractivity contribution in [3.8, 4) is 23.0 Å². The summed E-state index contributed by atoms with van der Waals surface area (Å²) in [6, 6.07) is 25.6. The number of ether oxygens (including phenoxy) is 2. The van der Waals surface area contributed by atoms with Crippen LogP contribution in [0.25, 0.3) is 0 Å². The van der Waals surface area contributed by atoms with Gasteiger partial charge in [-0.2, -0.15) is 8.42 Å². The molecule has 2 N–H and O–H groups in total. The summed E-state index contributed by atoms with van der Waals surface area (Å²) >= 11 is 0.419. The number of ketones is 1. The molecule has 0 aliphatic heterocycles. The number of benzene rings is 4. The van der Waals surface area contributed by atoms with Gasteiger partial charge in [-0.3, -0.25) is 9.35 Å². The Labute approximate surface area is 200 Å². The van der Waals surface area contributed by atoms with E-state index in [9.17, 15) is 22.3 Å². The molecule has 0 radical (unpaired) electrons. The molecule has 172 valence electrons. The van der Waals surface area contributed by atoms with E-state index in [2.05, 4.69) is 0 Å². The van der Waals surface area contributed by atoms with Crippen LogP contribution in [-0.4, -0.2) is 23.3 Å². The van der Waals surface area contributed by atoms with Crippen molar-refractivity contribution in [1.82, 2.24) is 0 Å². The van der Waals surface area contributed by atoms with E-state index in [1.165, 1.54) is 30.3 Å². The molecule has 0 aliphatic carbocycles. The molecule has 4 aromatic carbocycles. The number of hydrogen-bond donors (Lipinski definition) is 2. The fraction of sp³-hybridized carbons (Fsp3) is 0. The minimum Gasteiger partial charge on any atom is -0.456 e. The van der Waals surface area contributed by atoms with E-state index >= 15 is 0 Å². The molecule has 0 saturated heterocycles. The van der Waals surface area contributed by atoms with Gasteiger partial charge in [0.1, 0.15) is 27.9 Å². The summed E-state index contributed by atoms with van der Waals surface area (Å²) in [6.07, 6.45) is 0. The second-order valence-electron chi connectivity index (χ2n) is 7.05. The van der Waals surface area contributed by atoms with E-state index in [1.807, 2.05) is 6.07 Å². The van der Waals surface area contributed by atoms with Crippen LogP contribution in [0.4, 0.5) is 0 Å². The molecule has 34 heavy (non-hydrogen) atoms. The maximum Gasteiger partial charge on any atom is 0.298 e. The molecular weight excluding hydrogens is 476 g/mol. The first kappa shape index (κ1) is 23.5. The molecule has 4 aromatic rings.